The van der Waals surface area contributed by atoms with Crippen LogP contribution in [0, 0.1) is 6.92 Å². The van der Waals surface area contributed by atoms with Gasteiger partial charge in [-0.15, -0.1) is 0 Å². The zero-order chi connectivity index (χ0) is 8.72. The van der Waals surface area contributed by atoms with Crippen molar-refractivity contribution in [2.45, 2.75) is 19.6 Å². The summed E-state index contributed by atoms with van der Waals surface area (Å²) >= 11 is 0. The van der Waals surface area contributed by atoms with E-state index in [1.165, 1.54) is 4.68 Å². The van der Waals surface area contributed by atoms with Gasteiger partial charge in [0.2, 0.25) is 5.88 Å². The first kappa shape index (κ1) is 7.39. The summed E-state index contributed by atoms with van der Waals surface area (Å²) in [6.07, 6.45) is -0.976. The van der Waals surface area contributed by atoms with E-state index in [0.29, 0.717) is 17.3 Å². The first-order valence-electron chi connectivity index (χ1n) is 3.78. The molecule has 0 saturated heterocycles. The number of ether oxygens (including phenoxy) is 1. The summed E-state index contributed by atoms with van der Waals surface area (Å²) in [5.41, 5.74) is 6.85. The van der Waals surface area contributed by atoms with E-state index in [9.17, 15) is 4.39 Å². The predicted molar refractivity (Wildman–Crippen MR) is 41.8 cm³/mol. The molecule has 4 nitrogen and oxygen atoms in total. The van der Waals surface area contributed by atoms with E-state index in [-0.39, 0.29) is 13.2 Å². The van der Waals surface area contributed by atoms with Gasteiger partial charge < -0.3 is 10.5 Å². The van der Waals surface area contributed by atoms with Crippen LogP contribution in [0.5, 0.6) is 5.88 Å². The summed E-state index contributed by atoms with van der Waals surface area (Å²) in [5, 5.41) is 4.03. The molecule has 1 aromatic rings. The van der Waals surface area contributed by atoms with Crippen molar-refractivity contribution in [3.05, 3.63) is 5.69 Å². The molecule has 0 saturated carbocycles. The van der Waals surface area contributed by atoms with Crippen molar-refractivity contribution >= 4 is 5.69 Å². The molecule has 0 aliphatic carbocycles. The average Bonchev–Trinajstić information content (AvgIpc) is 2.28. The van der Waals surface area contributed by atoms with Crippen LogP contribution < -0.4 is 10.5 Å². The number of hydrogen-bond donors (Lipinski definition) is 1. The molecule has 1 aliphatic rings. The van der Waals surface area contributed by atoms with Gasteiger partial charge in [0.15, 0.2) is 6.17 Å². The Morgan fingerprint density at radius 3 is 3.25 bits per heavy atom. The van der Waals surface area contributed by atoms with Crippen molar-refractivity contribution in [1.82, 2.24) is 9.78 Å². The molecule has 0 radical (unpaired) electrons. The van der Waals surface area contributed by atoms with E-state index in [2.05, 4.69) is 5.10 Å². The summed E-state index contributed by atoms with van der Waals surface area (Å²) < 4.78 is 19.3. The summed E-state index contributed by atoms with van der Waals surface area (Å²) in [7, 11) is 0. The Morgan fingerprint density at radius 2 is 2.50 bits per heavy atom. The molecule has 0 unspecified atom stereocenters. The van der Waals surface area contributed by atoms with Crippen LogP contribution in [0.1, 0.15) is 5.69 Å². The maximum absolute atomic E-state index is 12.8. The minimum absolute atomic E-state index is 0.0787. The summed E-state index contributed by atoms with van der Waals surface area (Å²) in [6.45, 7) is 2.10. The van der Waals surface area contributed by atoms with E-state index in [1.807, 2.05) is 0 Å². The van der Waals surface area contributed by atoms with E-state index in [1.54, 1.807) is 6.92 Å². The third-order valence-corrected chi connectivity index (χ3v) is 1.90. The molecule has 12 heavy (non-hydrogen) atoms. The fourth-order valence-corrected chi connectivity index (χ4v) is 1.26. The number of anilines is 1. The van der Waals surface area contributed by atoms with Gasteiger partial charge in [-0.1, -0.05) is 0 Å². The Hall–Kier alpha value is -1.26. The summed E-state index contributed by atoms with van der Waals surface area (Å²) in [4.78, 5) is 0. The van der Waals surface area contributed by atoms with Crippen LogP contribution in [-0.4, -0.2) is 22.6 Å². The van der Waals surface area contributed by atoms with E-state index in [4.69, 9.17) is 10.5 Å². The van der Waals surface area contributed by atoms with Crippen LogP contribution in [-0.2, 0) is 6.54 Å². The maximum Gasteiger partial charge on any atom is 0.236 e. The first-order chi connectivity index (χ1) is 5.68. The van der Waals surface area contributed by atoms with Crippen LogP contribution in [0.15, 0.2) is 0 Å². The second kappa shape index (κ2) is 2.36. The van der Waals surface area contributed by atoms with Crippen molar-refractivity contribution in [1.29, 1.82) is 0 Å². The molecular weight excluding hydrogens is 161 g/mol. The third kappa shape index (κ3) is 0.929. The molecule has 2 rings (SSSR count). The lowest BCUT2D eigenvalue weighted by Gasteiger charge is -2.18. The highest BCUT2D eigenvalue weighted by Gasteiger charge is 2.23. The lowest BCUT2D eigenvalue weighted by molar-refractivity contribution is 0.126. The molecule has 1 atom stereocenters. The van der Waals surface area contributed by atoms with Crippen LogP contribution in [0.3, 0.4) is 0 Å². The molecule has 0 aromatic carbocycles. The highest BCUT2D eigenvalue weighted by molar-refractivity contribution is 5.52. The Balaban J connectivity index is 2.43. The van der Waals surface area contributed by atoms with Gasteiger partial charge in [-0.25, -0.2) is 9.07 Å². The highest BCUT2D eigenvalue weighted by Crippen LogP contribution is 2.28. The van der Waals surface area contributed by atoms with Gasteiger partial charge in [0, 0.05) is 0 Å². The van der Waals surface area contributed by atoms with Gasteiger partial charge in [-0.2, -0.15) is 5.10 Å². The number of nitrogens with zero attached hydrogens (tertiary/aromatic N) is 2. The second-order valence-corrected chi connectivity index (χ2v) is 2.89. The topological polar surface area (TPSA) is 53.1 Å². The largest absolute Gasteiger partial charge is 0.473 e. The zero-order valence-electron chi connectivity index (χ0n) is 6.75. The van der Waals surface area contributed by atoms with Gasteiger partial charge in [0.25, 0.3) is 0 Å². The Labute approximate surface area is 69.1 Å². The van der Waals surface area contributed by atoms with Crippen molar-refractivity contribution < 1.29 is 9.13 Å². The lowest BCUT2D eigenvalue weighted by Crippen LogP contribution is -2.27. The van der Waals surface area contributed by atoms with E-state index < -0.39 is 6.17 Å². The van der Waals surface area contributed by atoms with Gasteiger partial charge in [-0.05, 0) is 6.92 Å². The number of fused-ring (bicyclic) bond motifs is 1. The molecule has 0 amide bonds. The molecule has 2 N–H and O–H groups in total. The number of aromatic nitrogens is 2. The van der Waals surface area contributed by atoms with Crippen molar-refractivity contribution in [3.63, 3.8) is 0 Å². The van der Waals surface area contributed by atoms with Gasteiger partial charge in [-0.3, -0.25) is 0 Å². The number of halogens is 1. The van der Waals surface area contributed by atoms with Crippen molar-refractivity contribution in [2.75, 3.05) is 12.3 Å². The number of nitrogen functional groups attached to an aromatic ring is 1. The van der Waals surface area contributed by atoms with Gasteiger partial charge in [0.05, 0.1) is 12.2 Å². The SMILES string of the molecule is Cc1nn2c(c1N)OC[C@@H](F)C2. The number of alkyl halides is 1. The number of rotatable bonds is 0. The molecule has 1 aliphatic heterocycles. The van der Waals surface area contributed by atoms with Crippen LogP contribution >= 0.6 is 0 Å². The normalized spacial score (nSPS) is 21.7. The molecule has 5 heteroatoms. The maximum atomic E-state index is 12.8. The first-order valence-corrected chi connectivity index (χ1v) is 3.78. The summed E-state index contributed by atoms with van der Waals surface area (Å²) in [6, 6.07) is 0. The van der Waals surface area contributed by atoms with Gasteiger partial charge in [0.1, 0.15) is 12.3 Å². The molecule has 66 valence electrons. The number of nitrogens with two attached hydrogens (primary N) is 1. The molecule has 1 aromatic heterocycles. The monoisotopic (exact) mass is 171 g/mol. The molecule has 0 fully saturated rings. The Morgan fingerprint density at radius 1 is 1.75 bits per heavy atom. The predicted octanol–water partition coefficient (Wildman–Crippen LogP) is 0.504. The average molecular weight is 171 g/mol. The number of hydrogen-bond acceptors (Lipinski definition) is 3. The van der Waals surface area contributed by atoms with E-state index in [0.717, 1.165) is 0 Å². The summed E-state index contributed by atoms with van der Waals surface area (Å²) in [5.74, 6) is 0.501. The van der Waals surface area contributed by atoms with E-state index >= 15 is 0 Å². The van der Waals surface area contributed by atoms with Crippen LogP contribution in [0.4, 0.5) is 10.1 Å². The standard InChI is InChI=1S/C7H10FN3O/c1-4-6(9)7-11(10-4)2-5(8)3-12-7/h5H,2-3,9H2,1H3/t5-/m0/s1. The smallest absolute Gasteiger partial charge is 0.236 e. The lowest BCUT2D eigenvalue weighted by atomic mass is 10.3. The highest BCUT2D eigenvalue weighted by atomic mass is 19.1. The zero-order valence-corrected chi connectivity index (χ0v) is 6.75. The molecular formula is C7H10FN3O. The molecule has 0 bridgehead atoms. The van der Waals surface area contributed by atoms with Crippen molar-refractivity contribution in [3.8, 4) is 5.88 Å². The third-order valence-electron chi connectivity index (χ3n) is 1.90. The number of aryl methyl sites for hydroxylation is 1. The minimum atomic E-state index is -0.976. The molecule has 2 heterocycles. The fourth-order valence-electron chi connectivity index (χ4n) is 1.26. The second-order valence-electron chi connectivity index (χ2n) is 2.89. The van der Waals surface area contributed by atoms with Crippen LogP contribution in [0.2, 0.25) is 0 Å². The Kier molecular flexibility index (Phi) is 1.46. The molecule has 0 spiro atoms. The van der Waals surface area contributed by atoms with Gasteiger partial charge >= 0.3 is 0 Å². The van der Waals surface area contributed by atoms with Crippen molar-refractivity contribution in [2.24, 2.45) is 0 Å². The quantitative estimate of drug-likeness (QED) is 0.618. The minimum Gasteiger partial charge on any atom is -0.473 e. The van der Waals surface area contributed by atoms with Crippen LogP contribution in [0.25, 0.3) is 0 Å². The fraction of sp³-hybridized carbons (Fsp3) is 0.571. The Bertz CT molecular complexity index is 310.